The van der Waals surface area contributed by atoms with Crippen LogP contribution in [-0.4, -0.2) is 0 Å². The third-order valence-corrected chi connectivity index (χ3v) is 4.27. The summed E-state index contributed by atoms with van der Waals surface area (Å²) < 4.78 is 0. The van der Waals surface area contributed by atoms with Gasteiger partial charge in [0.15, 0.2) is 0 Å². The van der Waals surface area contributed by atoms with Gasteiger partial charge < -0.3 is 0 Å². The second-order valence-corrected chi connectivity index (χ2v) is 4.66. The Kier molecular flexibility index (Phi) is 1.18. The summed E-state index contributed by atoms with van der Waals surface area (Å²) in [6.45, 7) is 4.59. The first-order valence-electron chi connectivity index (χ1n) is 5.15. The van der Waals surface area contributed by atoms with E-state index >= 15 is 0 Å². The zero-order valence-electron chi connectivity index (χ0n) is 7.77. The average Bonchev–Trinajstić information content (AvgIpc) is 2.74. The van der Waals surface area contributed by atoms with Gasteiger partial charge in [0.2, 0.25) is 0 Å². The van der Waals surface area contributed by atoms with Crippen molar-refractivity contribution in [1.29, 1.82) is 0 Å². The molecule has 0 aromatic carbocycles. The highest BCUT2D eigenvalue weighted by molar-refractivity contribution is 5.29. The molecular weight excluding hydrogens is 144 g/mol. The summed E-state index contributed by atoms with van der Waals surface area (Å²) in [5.41, 5.74) is 0. The molecular formula is C12H16. The molecule has 4 aliphatic carbocycles. The maximum atomic E-state index is 2.47. The van der Waals surface area contributed by atoms with Gasteiger partial charge in [-0.2, -0.15) is 0 Å². The van der Waals surface area contributed by atoms with Crippen molar-refractivity contribution in [1.82, 2.24) is 0 Å². The number of rotatable bonds is 1. The molecule has 6 atom stereocenters. The van der Waals surface area contributed by atoms with Crippen LogP contribution < -0.4 is 0 Å². The Balaban J connectivity index is 1.97. The van der Waals surface area contributed by atoms with Crippen LogP contribution in [-0.2, 0) is 0 Å². The van der Waals surface area contributed by atoms with Gasteiger partial charge >= 0.3 is 0 Å². The first kappa shape index (κ1) is 6.94. The number of allylic oxidation sites excluding steroid dienone is 4. The van der Waals surface area contributed by atoms with Crippen LogP contribution in [0, 0.1) is 35.5 Å². The third kappa shape index (κ3) is 0.608. The smallest absolute Gasteiger partial charge is 0.0131 e. The molecule has 0 aliphatic heterocycles. The largest absolute Gasteiger partial charge is 0.0914 e. The zero-order chi connectivity index (χ0) is 8.29. The van der Waals surface area contributed by atoms with Gasteiger partial charge in [-0.3, -0.25) is 0 Å². The van der Waals surface area contributed by atoms with E-state index in [0.717, 1.165) is 35.5 Å². The predicted octanol–water partition coefficient (Wildman–Crippen LogP) is 2.88. The molecule has 64 valence electrons. The van der Waals surface area contributed by atoms with Crippen LogP contribution >= 0.6 is 0 Å². The van der Waals surface area contributed by atoms with Gasteiger partial charge in [-0.25, -0.2) is 0 Å². The summed E-state index contributed by atoms with van der Waals surface area (Å²) in [7, 11) is 0. The topological polar surface area (TPSA) is 0 Å². The lowest BCUT2D eigenvalue weighted by Crippen LogP contribution is -2.20. The van der Waals surface area contributed by atoms with Crippen LogP contribution in [0.5, 0.6) is 0 Å². The van der Waals surface area contributed by atoms with E-state index in [2.05, 4.69) is 38.2 Å². The molecule has 4 aliphatic rings. The summed E-state index contributed by atoms with van der Waals surface area (Å²) in [5, 5.41) is 0. The second kappa shape index (κ2) is 2.04. The molecule has 0 aromatic rings. The van der Waals surface area contributed by atoms with Crippen molar-refractivity contribution in [3.05, 3.63) is 24.3 Å². The van der Waals surface area contributed by atoms with Gasteiger partial charge in [-0.1, -0.05) is 31.2 Å². The van der Waals surface area contributed by atoms with Crippen molar-refractivity contribution < 1.29 is 0 Å². The van der Waals surface area contributed by atoms with E-state index in [1.807, 2.05) is 0 Å². The van der Waals surface area contributed by atoms with Crippen molar-refractivity contribution >= 4 is 0 Å². The van der Waals surface area contributed by atoms with Crippen LogP contribution in [0.15, 0.2) is 24.3 Å². The van der Waals surface area contributed by atoms with Crippen molar-refractivity contribution in [2.24, 2.45) is 35.5 Å². The van der Waals surface area contributed by atoms with E-state index in [1.54, 1.807) is 0 Å². The Morgan fingerprint density at radius 3 is 2.33 bits per heavy atom. The summed E-state index contributed by atoms with van der Waals surface area (Å²) in [4.78, 5) is 0. The Bertz CT molecular complexity index is 261. The summed E-state index contributed by atoms with van der Waals surface area (Å²) in [6, 6.07) is 0. The Labute approximate surface area is 74.4 Å². The van der Waals surface area contributed by atoms with Gasteiger partial charge in [0.25, 0.3) is 0 Å². The average molecular weight is 160 g/mol. The molecule has 0 amide bonds. The molecule has 4 rings (SSSR count). The fourth-order valence-corrected chi connectivity index (χ4v) is 3.76. The van der Waals surface area contributed by atoms with Crippen LogP contribution in [0.1, 0.15) is 13.8 Å². The van der Waals surface area contributed by atoms with Gasteiger partial charge in [-0.05, 0) is 42.4 Å². The molecule has 0 saturated heterocycles. The summed E-state index contributed by atoms with van der Waals surface area (Å²) >= 11 is 0. The van der Waals surface area contributed by atoms with E-state index in [1.165, 1.54) is 0 Å². The molecule has 2 fully saturated rings. The minimum Gasteiger partial charge on any atom is -0.0914 e. The normalized spacial score (nSPS) is 59.8. The molecule has 0 nitrogen and oxygen atoms in total. The first-order chi connectivity index (χ1) is 5.84. The minimum absolute atomic E-state index is 0.876. The fraction of sp³-hybridized carbons (Fsp3) is 0.667. The molecule has 12 heavy (non-hydrogen) atoms. The van der Waals surface area contributed by atoms with Crippen molar-refractivity contribution in [3.63, 3.8) is 0 Å². The fourth-order valence-electron chi connectivity index (χ4n) is 3.76. The number of hydrogen-bond donors (Lipinski definition) is 0. The lowest BCUT2D eigenvalue weighted by molar-refractivity contribution is 0.337. The quantitative estimate of drug-likeness (QED) is 0.517. The van der Waals surface area contributed by atoms with E-state index in [9.17, 15) is 0 Å². The lowest BCUT2D eigenvalue weighted by atomic mass is 9.78. The highest BCUT2D eigenvalue weighted by atomic mass is 14.7. The monoisotopic (exact) mass is 160 g/mol. The minimum atomic E-state index is 0.876. The standard InChI is InChI=1S/C12H16/c1-3-4-9-8-5-6-10-11(7(8)2)12(9)10/h3-12H,1-2H3/b4-3+/t7-,8?,9+,10?,11?,12?/m1/s1. The third-order valence-electron chi connectivity index (χ3n) is 4.27. The molecule has 2 saturated carbocycles. The molecule has 0 radical (unpaired) electrons. The van der Waals surface area contributed by atoms with E-state index in [4.69, 9.17) is 0 Å². The van der Waals surface area contributed by atoms with Crippen LogP contribution in [0.2, 0.25) is 0 Å². The van der Waals surface area contributed by atoms with Crippen molar-refractivity contribution in [2.75, 3.05) is 0 Å². The zero-order valence-corrected chi connectivity index (χ0v) is 7.77. The maximum Gasteiger partial charge on any atom is -0.0131 e. The molecule has 0 N–H and O–H groups in total. The van der Waals surface area contributed by atoms with E-state index in [0.29, 0.717) is 0 Å². The second-order valence-electron chi connectivity index (χ2n) is 4.66. The van der Waals surface area contributed by atoms with Crippen LogP contribution in [0.3, 0.4) is 0 Å². The van der Waals surface area contributed by atoms with Crippen LogP contribution in [0.4, 0.5) is 0 Å². The van der Waals surface area contributed by atoms with E-state index < -0.39 is 0 Å². The van der Waals surface area contributed by atoms with Gasteiger partial charge in [0.05, 0.1) is 0 Å². The Morgan fingerprint density at radius 2 is 1.83 bits per heavy atom. The molecule has 0 aromatic heterocycles. The first-order valence-corrected chi connectivity index (χ1v) is 5.15. The molecule has 4 unspecified atom stereocenters. The SMILES string of the molecule is C/C=C/[C@@H]1C2C3C=CC1[C@@H](C)C32. The number of hydrogen-bond acceptors (Lipinski definition) is 0. The Morgan fingerprint density at radius 1 is 1.08 bits per heavy atom. The summed E-state index contributed by atoms with van der Waals surface area (Å²) in [5.74, 6) is 5.79. The van der Waals surface area contributed by atoms with Gasteiger partial charge in [0, 0.05) is 0 Å². The summed E-state index contributed by atoms with van der Waals surface area (Å²) in [6.07, 6.45) is 9.62. The Hall–Kier alpha value is -0.520. The van der Waals surface area contributed by atoms with Crippen molar-refractivity contribution in [2.45, 2.75) is 13.8 Å². The molecule has 0 heteroatoms. The van der Waals surface area contributed by atoms with Crippen molar-refractivity contribution in [3.8, 4) is 0 Å². The van der Waals surface area contributed by atoms with E-state index in [-0.39, 0.29) is 0 Å². The predicted molar refractivity (Wildman–Crippen MR) is 50.6 cm³/mol. The highest BCUT2D eigenvalue weighted by Crippen LogP contribution is 2.69. The van der Waals surface area contributed by atoms with Gasteiger partial charge in [-0.15, -0.1) is 0 Å². The molecule has 4 bridgehead atoms. The van der Waals surface area contributed by atoms with Crippen LogP contribution in [0.25, 0.3) is 0 Å². The molecule has 0 heterocycles. The maximum absolute atomic E-state index is 2.47. The molecule has 0 spiro atoms. The van der Waals surface area contributed by atoms with Gasteiger partial charge in [0.1, 0.15) is 0 Å². The lowest BCUT2D eigenvalue weighted by Gasteiger charge is -2.27. The highest BCUT2D eigenvalue weighted by Gasteiger charge is 2.64.